The lowest BCUT2D eigenvalue weighted by Gasteiger charge is -2.38. The average molecular weight is 476 g/mol. The summed E-state index contributed by atoms with van der Waals surface area (Å²) in [6.07, 6.45) is 2.31. The number of piperazine rings is 1. The minimum Gasteiger partial charge on any atom is -0.459 e. The Morgan fingerprint density at radius 3 is 2.52 bits per heavy atom. The first-order valence-electron chi connectivity index (χ1n) is 10.9. The standard InChI is InChI=1S/C24H27F2N3O3S/c1-3-18-15-19(23(33-18)27-22(30)20-5-4-14-31-20)21(29-12-10-28(2)11-13-29)16-6-8-17(9-7-16)32-24(25)26/h4-9,14-15,21,24H,3,10-13H2,1-2H3,(H,27,30)/t21-/m0/s1. The van der Waals surface area contributed by atoms with Gasteiger partial charge < -0.3 is 19.4 Å². The predicted molar refractivity (Wildman–Crippen MR) is 124 cm³/mol. The molecular weight excluding hydrogens is 448 g/mol. The highest BCUT2D eigenvalue weighted by atomic mass is 32.1. The Kier molecular flexibility index (Phi) is 7.42. The molecule has 9 heteroatoms. The van der Waals surface area contributed by atoms with E-state index in [2.05, 4.69) is 39.9 Å². The fourth-order valence-electron chi connectivity index (χ4n) is 4.00. The number of nitrogens with one attached hydrogen (secondary N) is 1. The van der Waals surface area contributed by atoms with Crippen molar-refractivity contribution in [2.24, 2.45) is 0 Å². The molecule has 0 radical (unpaired) electrons. The van der Waals surface area contributed by atoms with E-state index in [0.717, 1.165) is 53.6 Å². The van der Waals surface area contributed by atoms with Crippen LogP contribution in [0, 0.1) is 0 Å². The maximum absolute atomic E-state index is 12.7. The molecule has 1 aliphatic heterocycles. The zero-order chi connectivity index (χ0) is 23.4. The normalized spacial score (nSPS) is 16.2. The Balaban J connectivity index is 1.70. The first-order chi connectivity index (χ1) is 15.9. The molecule has 1 saturated heterocycles. The lowest BCUT2D eigenvalue weighted by molar-refractivity contribution is -0.0498. The second-order valence-corrected chi connectivity index (χ2v) is 9.11. The van der Waals surface area contributed by atoms with Crippen molar-refractivity contribution in [1.82, 2.24) is 9.80 Å². The van der Waals surface area contributed by atoms with E-state index in [1.807, 2.05) is 12.1 Å². The van der Waals surface area contributed by atoms with Crippen LogP contribution in [0.2, 0.25) is 0 Å². The van der Waals surface area contributed by atoms with Gasteiger partial charge in [-0.3, -0.25) is 9.69 Å². The summed E-state index contributed by atoms with van der Waals surface area (Å²) in [7, 11) is 2.09. The smallest absolute Gasteiger partial charge is 0.387 e. The summed E-state index contributed by atoms with van der Waals surface area (Å²) < 4.78 is 35.0. The summed E-state index contributed by atoms with van der Waals surface area (Å²) in [4.78, 5) is 18.5. The van der Waals surface area contributed by atoms with Crippen LogP contribution in [0.1, 0.15) is 39.5 Å². The molecule has 33 heavy (non-hydrogen) atoms. The topological polar surface area (TPSA) is 58.0 Å². The van der Waals surface area contributed by atoms with E-state index in [4.69, 9.17) is 4.42 Å². The molecule has 1 amide bonds. The molecule has 0 saturated carbocycles. The molecule has 4 rings (SSSR count). The molecule has 3 heterocycles. The largest absolute Gasteiger partial charge is 0.459 e. The first-order valence-corrected chi connectivity index (χ1v) is 11.7. The fourth-order valence-corrected chi connectivity index (χ4v) is 5.03. The second-order valence-electron chi connectivity index (χ2n) is 7.97. The van der Waals surface area contributed by atoms with Crippen molar-refractivity contribution >= 4 is 22.2 Å². The highest BCUT2D eigenvalue weighted by molar-refractivity contribution is 7.16. The van der Waals surface area contributed by atoms with Crippen LogP contribution in [-0.2, 0) is 6.42 Å². The van der Waals surface area contributed by atoms with Crippen LogP contribution < -0.4 is 10.1 Å². The Labute approximate surface area is 195 Å². The van der Waals surface area contributed by atoms with E-state index in [9.17, 15) is 13.6 Å². The minimum absolute atomic E-state index is 0.122. The van der Waals surface area contributed by atoms with Crippen molar-refractivity contribution in [2.75, 3.05) is 38.5 Å². The van der Waals surface area contributed by atoms with Gasteiger partial charge in [-0.15, -0.1) is 11.3 Å². The van der Waals surface area contributed by atoms with Gasteiger partial charge in [0.25, 0.3) is 5.91 Å². The predicted octanol–water partition coefficient (Wildman–Crippen LogP) is 5.09. The Bertz CT molecular complexity index is 1050. The van der Waals surface area contributed by atoms with Gasteiger partial charge in [-0.1, -0.05) is 19.1 Å². The number of benzene rings is 1. The van der Waals surface area contributed by atoms with Crippen molar-refractivity contribution < 1.29 is 22.7 Å². The second kappa shape index (κ2) is 10.5. The molecular formula is C24H27F2N3O3S. The van der Waals surface area contributed by atoms with Gasteiger partial charge >= 0.3 is 6.61 Å². The van der Waals surface area contributed by atoms with Crippen LogP contribution in [0.4, 0.5) is 13.8 Å². The molecule has 2 aromatic heterocycles. The zero-order valence-corrected chi connectivity index (χ0v) is 19.4. The molecule has 1 aromatic carbocycles. The molecule has 6 nitrogen and oxygen atoms in total. The average Bonchev–Trinajstić information content (AvgIpc) is 3.47. The summed E-state index contributed by atoms with van der Waals surface area (Å²) in [5, 5.41) is 3.80. The van der Waals surface area contributed by atoms with Gasteiger partial charge in [-0.25, -0.2) is 0 Å². The third kappa shape index (κ3) is 5.61. The lowest BCUT2D eigenvalue weighted by Crippen LogP contribution is -2.46. The Hall–Kier alpha value is -2.75. The summed E-state index contributed by atoms with van der Waals surface area (Å²) in [5.41, 5.74) is 1.94. The number of thiophene rings is 1. The number of carbonyl (C=O) groups is 1. The summed E-state index contributed by atoms with van der Waals surface area (Å²) in [6, 6.07) is 12.1. The molecule has 0 bridgehead atoms. The van der Waals surface area contributed by atoms with Gasteiger partial charge in [0.1, 0.15) is 10.8 Å². The van der Waals surface area contributed by atoms with Gasteiger partial charge in [0, 0.05) is 36.6 Å². The number of nitrogens with zero attached hydrogens (tertiary/aromatic N) is 2. The van der Waals surface area contributed by atoms with E-state index in [1.165, 1.54) is 6.26 Å². The molecule has 176 valence electrons. The molecule has 3 aromatic rings. The maximum atomic E-state index is 12.7. The fraction of sp³-hybridized carbons (Fsp3) is 0.375. The molecule has 1 fully saturated rings. The van der Waals surface area contributed by atoms with Crippen LogP contribution in [0.25, 0.3) is 0 Å². The number of hydrogen-bond acceptors (Lipinski definition) is 6. The van der Waals surface area contributed by atoms with Crippen molar-refractivity contribution in [1.29, 1.82) is 0 Å². The number of aryl methyl sites for hydroxylation is 1. The summed E-state index contributed by atoms with van der Waals surface area (Å²) in [6.45, 7) is 2.74. The van der Waals surface area contributed by atoms with Crippen LogP contribution in [0.15, 0.2) is 53.1 Å². The summed E-state index contributed by atoms with van der Waals surface area (Å²) in [5.74, 6) is 0.0670. The lowest BCUT2D eigenvalue weighted by atomic mass is 9.97. The molecule has 0 aliphatic carbocycles. The van der Waals surface area contributed by atoms with Crippen molar-refractivity contribution in [2.45, 2.75) is 26.0 Å². The number of ether oxygens (including phenoxy) is 1. The van der Waals surface area contributed by atoms with E-state index in [1.54, 1.807) is 35.6 Å². The monoisotopic (exact) mass is 475 g/mol. The van der Waals surface area contributed by atoms with Crippen molar-refractivity contribution in [3.8, 4) is 5.75 Å². The number of hydrogen-bond donors (Lipinski definition) is 1. The van der Waals surface area contributed by atoms with E-state index >= 15 is 0 Å². The highest BCUT2D eigenvalue weighted by Gasteiger charge is 2.29. The van der Waals surface area contributed by atoms with Gasteiger partial charge in [-0.2, -0.15) is 8.78 Å². The quantitative estimate of drug-likeness (QED) is 0.492. The van der Waals surface area contributed by atoms with Gasteiger partial charge in [-0.05, 0) is 49.4 Å². The van der Waals surface area contributed by atoms with E-state index < -0.39 is 6.61 Å². The number of rotatable bonds is 8. The van der Waals surface area contributed by atoms with Crippen LogP contribution in [0.3, 0.4) is 0 Å². The molecule has 1 N–H and O–H groups in total. The van der Waals surface area contributed by atoms with Gasteiger partial charge in [0.2, 0.25) is 0 Å². The molecule has 1 atom stereocenters. The maximum Gasteiger partial charge on any atom is 0.387 e. The molecule has 0 unspecified atom stereocenters. The number of alkyl halides is 2. The third-order valence-electron chi connectivity index (χ3n) is 5.75. The van der Waals surface area contributed by atoms with Crippen molar-refractivity contribution in [3.63, 3.8) is 0 Å². The minimum atomic E-state index is -2.86. The Morgan fingerprint density at radius 2 is 1.91 bits per heavy atom. The highest BCUT2D eigenvalue weighted by Crippen LogP contribution is 2.40. The number of carbonyl (C=O) groups excluding carboxylic acids is 1. The number of likely N-dealkylation sites (N-methyl/N-ethyl adjacent to an activating group) is 1. The van der Waals surface area contributed by atoms with Crippen molar-refractivity contribution in [3.05, 3.63) is 70.5 Å². The number of halogens is 2. The number of amides is 1. The number of furan rings is 1. The van der Waals surface area contributed by atoms with Crippen LogP contribution >= 0.6 is 11.3 Å². The molecule has 1 aliphatic rings. The van der Waals surface area contributed by atoms with E-state index in [-0.39, 0.29) is 23.5 Å². The first kappa shape index (κ1) is 23.4. The van der Waals surface area contributed by atoms with Gasteiger partial charge in [0.05, 0.1) is 12.3 Å². The third-order valence-corrected chi connectivity index (χ3v) is 6.96. The van der Waals surface area contributed by atoms with E-state index in [0.29, 0.717) is 0 Å². The zero-order valence-electron chi connectivity index (χ0n) is 18.6. The molecule has 0 spiro atoms. The van der Waals surface area contributed by atoms with Gasteiger partial charge in [0.15, 0.2) is 5.76 Å². The summed E-state index contributed by atoms with van der Waals surface area (Å²) >= 11 is 1.55. The van der Waals surface area contributed by atoms with Crippen LogP contribution in [0.5, 0.6) is 5.75 Å². The Morgan fingerprint density at radius 1 is 1.18 bits per heavy atom. The SMILES string of the molecule is CCc1cc([C@H](c2ccc(OC(F)F)cc2)N2CCN(C)CC2)c(NC(=O)c2ccco2)s1. The number of anilines is 1. The van der Waals surface area contributed by atoms with Crippen LogP contribution in [-0.4, -0.2) is 55.5 Å².